The van der Waals surface area contributed by atoms with E-state index in [4.69, 9.17) is 23.7 Å². The number of rotatable bonds is 2. The van der Waals surface area contributed by atoms with Crippen molar-refractivity contribution in [3.05, 3.63) is 58.8 Å². The second-order valence-corrected chi connectivity index (χ2v) is 6.87. The number of phenols is 4. The Morgan fingerprint density at radius 2 is 1.58 bits per heavy atom. The van der Waals surface area contributed by atoms with E-state index in [1.165, 1.54) is 31.4 Å². The van der Waals surface area contributed by atoms with Crippen LogP contribution in [-0.4, -0.2) is 39.4 Å². The van der Waals surface area contributed by atoms with Crippen LogP contribution in [0.4, 0.5) is 0 Å². The fourth-order valence-corrected chi connectivity index (χ4v) is 3.19. The van der Waals surface area contributed by atoms with Crippen LogP contribution in [0.2, 0.25) is 0 Å². The summed E-state index contributed by atoms with van der Waals surface area (Å²) in [5, 5.41) is 47.8. The molecule has 0 atom stereocenters. The molecule has 0 bridgehead atoms. The Bertz CT molecular complexity index is 1410. The van der Waals surface area contributed by atoms with Crippen LogP contribution in [0.3, 0.4) is 0 Å². The molecular weight excluding hydrogens is 436 g/mol. The van der Waals surface area contributed by atoms with Crippen LogP contribution in [0.1, 0.15) is 0 Å². The van der Waals surface area contributed by atoms with Crippen LogP contribution >= 0.6 is 0 Å². The zero-order valence-corrected chi connectivity index (χ0v) is 17.1. The number of hydrogen-bond donors (Lipinski definition) is 5. The molecule has 5 rings (SSSR count). The minimum Gasteiger partial charge on any atom is -0.508 e. The minimum atomic E-state index is -0.853. The van der Waals surface area contributed by atoms with E-state index in [1.54, 1.807) is 12.1 Å². The maximum atomic E-state index is 12.2. The SMILES string of the molecule is COc1ccc(-c2oc3cc(O)cc(O)c3c(=O)c2O)cc1O.Oc1ccc2c(c1)OCO2. The lowest BCUT2D eigenvalue weighted by Gasteiger charge is -2.09. The van der Waals surface area contributed by atoms with E-state index >= 15 is 0 Å². The van der Waals surface area contributed by atoms with Gasteiger partial charge in [-0.1, -0.05) is 0 Å². The molecule has 33 heavy (non-hydrogen) atoms. The van der Waals surface area contributed by atoms with Gasteiger partial charge in [-0.05, 0) is 30.3 Å². The Hall–Kier alpha value is -4.73. The van der Waals surface area contributed by atoms with Gasteiger partial charge in [0.1, 0.15) is 28.2 Å². The third-order valence-electron chi connectivity index (χ3n) is 4.73. The molecule has 5 N–H and O–H groups in total. The highest BCUT2D eigenvalue weighted by atomic mass is 16.7. The fraction of sp³-hybridized carbons (Fsp3) is 0.0870. The highest BCUT2D eigenvalue weighted by molar-refractivity contribution is 5.88. The van der Waals surface area contributed by atoms with Crippen molar-refractivity contribution in [3.8, 4) is 57.3 Å². The van der Waals surface area contributed by atoms with Crippen LogP contribution in [0.15, 0.2) is 57.7 Å². The Balaban J connectivity index is 0.000000214. The maximum absolute atomic E-state index is 12.2. The second-order valence-electron chi connectivity index (χ2n) is 6.87. The first-order valence-electron chi connectivity index (χ1n) is 9.46. The molecule has 0 saturated carbocycles. The molecule has 0 unspecified atom stereocenters. The van der Waals surface area contributed by atoms with Crippen molar-refractivity contribution in [1.82, 2.24) is 0 Å². The minimum absolute atomic E-state index is 0.101. The zero-order valence-electron chi connectivity index (χ0n) is 17.1. The molecule has 4 aromatic rings. The summed E-state index contributed by atoms with van der Waals surface area (Å²) in [6.45, 7) is 0.249. The molecule has 2 heterocycles. The van der Waals surface area contributed by atoms with Crippen LogP contribution in [0.25, 0.3) is 22.3 Å². The molecule has 10 nitrogen and oxygen atoms in total. The highest BCUT2D eigenvalue weighted by Crippen LogP contribution is 2.38. The topological polar surface area (TPSA) is 159 Å². The van der Waals surface area contributed by atoms with Gasteiger partial charge in [0.25, 0.3) is 0 Å². The lowest BCUT2D eigenvalue weighted by Crippen LogP contribution is -2.03. The molecule has 3 aromatic carbocycles. The zero-order chi connectivity index (χ0) is 23.7. The third kappa shape index (κ3) is 4.09. The van der Waals surface area contributed by atoms with Gasteiger partial charge in [0.05, 0.1) is 7.11 Å². The number of methoxy groups -OCH3 is 1. The summed E-state index contributed by atoms with van der Waals surface area (Å²) in [5.74, 6) is -0.214. The van der Waals surface area contributed by atoms with Crippen molar-refractivity contribution < 1.29 is 44.2 Å². The van der Waals surface area contributed by atoms with Gasteiger partial charge in [-0.15, -0.1) is 0 Å². The van der Waals surface area contributed by atoms with E-state index in [2.05, 4.69) is 0 Å². The van der Waals surface area contributed by atoms with Gasteiger partial charge < -0.3 is 44.2 Å². The van der Waals surface area contributed by atoms with E-state index in [0.29, 0.717) is 11.5 Å². The van der Waals surface area contributed by atoms with Gasteiger partial charge in [-0.2, -0.15) is 0 Å². The summed E-state index contributed by atoms with van der Waals surface area (Å²) in [6.07, 6.45) is 0. The summed E-state index contributed by atoms with van der Waals surface area (Å²) in [4.78, 5) is 12.2. The fourth-order valence-electron chi connectivity index (χ4n) is 3.19. The van der Waals surface area contributed by atoms with Crippen molar-refractivity contribution in [1.29, 1.82) is 0 Å². The Morgan fingerprint density at radius 3 is 2.30 bits per heavy atom. The molecule has 1 aliphatic rings. The summed E-state index contributed by atoms with van der Waals surface area (Å²) >= 11 is 0. The molecule has 0 fully saturated rings. The Morgan fingerprint density at radius 1 is 0.818 bits per heavy atom. The maximum Gasteiger partial charge on any atom is 0.238 e. The van der Waals surface area contributed by atoms with Gasteiger partial charge >= 0.3 is 0 Å². The van der Waals surface area contributed by atoms with Gasteiger partial charge in [0.15, 0.2) is 28.8 Å². The smallest absolute Gasteiger partial charge is 0.238 e. The number of benzene rings is 3. The third-order valence-corrected chi connectivity index (χ3v) is 4.73. The van der Waals surface area contributed by atoms with Gasteiger partial charge in [0.2, 0.25) is 18.0 Å². The summed E-state index contributed by atoms with van der Waals surface area (Å²) in [5.41, 5.74) is -0.729. The summed E-state index contributed by atoms with van der Waals surface area (Å²) in [7, 11) is 1.38. The summed E-state index contributed by atoms with van der Waals surface area (Å²) in [6, 6.07) is 11.1. The number of fused-ring (bicyclic) bond motifs is 2. The normalized spacial score (nSPS) is 11.7. The second kappa shape index (κ2) is 8.42. The standard InChI is InChI=1S/C16H12O7.C7H6O3/c1-22-11-3-2-7(4-9(11)18)16-15(21)14(20)13-10(19)5-8(17)6-12(13)23-16;8-5-1-2-6-7(3-5)10-4-9-6/h2-6,17-19,21H,1H3;1-3,8H,4H2. The van der Waals surface area contributed by atoms with E-state index in [1.807, 2.05) is 0 Å². The number of phenolic OH excluding ortho intramolecular Hbond substituents is 4. The van der Waals surface area contributed by atoms with Gasteiger partial charge in [0, 0.05) is 23.8 Å². The lowest BCUT2D eigenvalue weighted by atomic mass is 10.1. The van der Waals surface area contributed by atoms with E-state index in [-0.39, 0.29) is 52.1 Å². The molecular formula is C23H18O10. The predicted octanol–water partition coefficient (Wildman–Crippen LogP) is 3.41. The first-order valence-corrected chi connectivity index (χ1v) is 9.46. The monoisotopic (exact) mass is 454 g/mol. The first-order chi connectivity index (χ1) is 15.8. The lowest BCUT2D eigenvalue weighted by molar-refractivity contribution is 0.174. The first kappa shape index (κ1) is 21.5. The highest BCUT2D eigenvalue weighted by Gasteiger charge is 2.19. The van der Waals surface area contributed by atoms with Crippen molar-refractivity contribution in [2.45, 2.75) is 0 Å². The van der Waals surface area contributed by atoms with Crippen molar-refractivity contribution in [2.75, 3.05) is 13.9 Å². The average molecular weight is 454 g/mol. The summed E-state index contributed by atoms with van der Waals surface area (Å²) < 4.78 is 20.4. The quantitative estimate of drug-likeness (QED) is 0.304. The van der Waals surface area contributed by atoms with Crippen molar-refractivity contribution in [3.63, 3.8) is 0 Å². The molecule has 0 aliphatic carbocycles. The molecule has 0 radical (unpaired) electrons. The number of hydrogen-bond acceptors (Lipinski definition) is 10. The number of ether oxygens (including phenoxy) is 3. The average Bonchev–Trinajstić information content (AvgIpc) is 3.24. The molecule has 10 heteroatoms. The van der Waals surface area contributed by atoms with Crippen LogP contribution in [-0.2, 0) is 0 Å². The van der Waals surface area contributed by atoms with Crippen LogP contribution in [0.5, 0.6) is 46.0 Å². The molecule has 0 spiro atoms. The van der Waals surface area contributed by atoms with Gasteiger partial charge in [-0.3, -0.25) is 4.79 Å². The molecule has 0 saturated heterocycles. The van der Waals surface area contributed by atoms with Crippen molar-refractivity contribution in [2.24, 2.45) is 0 Å². The molecule has 1 aliphatic heterocycles. The van der Waals surface area contributed by atoms with Crippen LogP contribution in [0, 0.1) is 0 Å². The van der Waals surface area contributed by atoms with E-state index in [0.717, 1.165) is 12.1 Å². The van der Waals surface area contributed by atoms with Crippen LogP contribution < -0.4 is 19.6 Å². The molecule has 170 valence electrons. The van der Waals surface area contributed by atoms with E-state index < -0.39 is 16.9 Å². The predicted molar refractivity (Wildman–Crippen MR) is 115 cm³/mol. The van der Waals surface area contributed by atoms with Gasteiger partial charge in [-0.25, -0.2) is 0 Å². The molecule has 1 aromatic heterocycles. The Kier molecular flexibility index (Phi) is 5.49. The number of aromatic hydroxyl groups is 5. The van der Waals surface area contributed by atoms with E-state index in [9.17, 15) is 25.2 Å². The van der Waals surface area contributed by atoms with Crippen molar-refractivity contribution >= 4 is 11.0 Å². The Labute approximate surface area is 185 Å². The molecule has 0 amide bonds. The largest absolute Gasteiger partial charge is 0.508 e.